The van der Waals surface area contributed by atoms with Crippen molar-refractivity contribution in [2.75, 3.05) is 19.8 Å². The predicted molar refractivity (Wildman–Crippen MR) is 70.0 cm³/mol. The van der Waals surface area contributed by atoms with E-state index >= 15 is 0 Å². The van der Waals surface area contributed by atoms with Crippen molar-refractivity contribution in [3.05, 3.63) is 35.4 Å². The second kappa shape index (κ2) is 7.43. The number of nitrogens with two attached hydrogens (primary N) is 1. The lowest BCUT2D eigenvalue weighted by Crippen LogP contribution is -2.19. The molecule has 1 atom stereocenters. The summed E-state index contributed by atoms with van der Waals surface area (Å²) < 4.78 is 10.9. The van der Waals surface area contributed by atoms with Crippen LogP contribution in [0.4, 0.5) is 0 Å². The number of hydrogen-bond donors (Lipinski definition) is 1. The van der Waals surface area contributed by atoms with Crippen LogP contribution in [-0.4, -0.2) is 25.9 Å². The van der Waals surface area contributed by atoms with E-state index in [9.17, 15) is 0 Å². The van der Waals surface area contributed by atoms with Gasteiger partial charge in [-0.3, -0.25) is 0 Å². The minimum atomic E-state index is -0.0612. The molecule has 2 N–H and O–H groups in total. The molecule has 3 heteroatoms. The van der Waals surface area contributed by atoms with Crippen molar-refractivity contribution in [2.45, 2.75) is 32.9 Å². The van der Waals surface area contributed by atoms with E-state index in [1.807, 2.05) is 26.0 Å². The predicted octanol–water partition coefficient (Wildman–Crippen LogP) is 2.44. The quantitative estimate of drug-likeness (QED) is 0.741. The lowest BCUT2D eigenvalue weighted by Gasteiger charge is -2.14. The summed E-state index contributed by atoms with van der Waals surface area (Å²) in [5, 5.41) is 0. The first-order valence-electron chi connectivity index (χ1n) is 6.11. The maximum absolute atomic E-state index is 6.04. The number of aryl methyl sites for hydroxylation is 1. The topological polar surface area (TPSA) is 44.5 Å². The Morgan fingerprint density at radius 1 is 1.24 bits per heavy atom. The van der Waals surface area contributed by atoms with Crippen LogP contribution in [-0.2, 0) is 9.47 Å². The largest absolute Gasteiger partial charge is 0.377 e. The molecule has 0 aliphatic heterocycles. The maximum Gasteiger partial charge on any atom is 0.0703 e. The van der Waals surface area contributed by atoms with E-state index in [2.05, 4.69) is 19.1 Å². The lowest BCUT2D eigenvalue weighted by atomic mass is 10.1. The fourth-order valence-electron chi connectivity index (χ4n) is 1.55. The van der Waals surface area contributed by atoms with E-state index in [-0.39, 0.29) is 12.1 Å². The Hall–Kier alpha value is -0.900. The zero-order valence-electron chi connectivity index (χ0n) is 11.0. The summed E-state index contributed by atoms with van der Waals surface area (Å²) in [6, 6.07) is 8.15. The maximum atomic E-state index is 6.04. The van der Waals surface area contributed by atoms with Crippen molar-refractivity contribution in [3.63, 3.8) is 0 Å². The SMILES string of the molecule is Cc1cccc(C(N)COCCOC(C)C)c1. The van der Waals surface area contributed by atoms with Crippen molar-refractivity contribution in [1.29, 1.82) is 0 Å². The molecule has 96 valence electrons. The first-order chi connectivity index (χ1) is 8.09. The molecule has 1 aromatic carbocycles. The van der Waals surface area contributed by atoms with Crippen LogP contribution in [0.5, 0.6) is 0 Å². The lowest BCUT2D eigenvalue weighted by molar-refractivity contribution is 0.0161. The Balaban J connectivity index is 2.23. The molecule has 0 saturated carbocycles. The third-order valence-electron chi connectivity index (χ3n) is 2.45. The Morgan fingerprint density at radius 2 is 2.00 bits per heavy atom. The molecule has 0 aromatic heterocycles. The number of benzene rings is 1. The Labute approximate surface area is 104 Å². The van der Waals surface area contributed by atoms with E-state index in [1.165, 1.54) is 5.56 Å². The minimum Gasteiger partial charge on any atom is -0.377 e. The van der Waals surface area contributed by atoms with Crippen molar-refractivity contribution in [1.82, 2.24) is 0 Å². The van der Waals surface area contributed by atoms with Crippen LogP contribution in [0.3, 0.4) is 0 Å². The molecule has 1 unspecified atom stereocenters. The second-order valence-corrected chi connectivity index (χ2v) is 4.52. The first kappa shape index (κ1) is 14.2. The monoisotopic (exact) mass is 237 g/mol. The van der Waals surface area contributed by atoms with Crippen LogP contribution in [0.25, 0.3) is 0 Å². The van der Waals surface area contributed by atoms with Crippen molar-refractivity contribution >= 4 is 0 Å². The van der Waals surface area contributed by atoms with Crippen molar-refractivity contribution < 1.29 is 9.47 Å². The molecule has 0 radical (unpaired) electrons. The van der Waals surface area contributed by atoms with E-state index in [0.29, 0.717) is 19.8 Å². The third-order valence-corrected chi connectivity index (χ3v) is 2.45. The Bertz CT molecular complexity index is 326. The summed E-state index contributed by atoms with van der Waals surface area (Å²) in [5.41, 5.74) is 8.38. The van der Waals surface area contributed by atoms with Gasteiger partial charge in [0.1, 0.15) is 0 Å². The number of rotatable bonds is 7. The molecule has 0 aliphatic carbocycles. The van der Waals surface area contributed by atoms with Gasteiger partial charge >= 0.3 is 0 Å². The van der Waals surface area contributed by atoms with Gasteiger partial charge in [-0.25, -0.2) is 0 Å². The van der Waals surface area contributed by atoms with Crippen LogP contribution in [0.1, 0.15) is 31.0 Å². The third kappa shape index (κ3) is 5.82. The Morgan fingerprint density at radius 3 is 2.65 bits per heavy atom. The molecular weight excluding hydrogens is 214 g/mol. The number of ether oxygens (including phenoxy) is 2. The standard InChI is InChI=1S/C14H23NO2/c1-11(2)17-8-7-16-10-14(15)13-6-4-5-12(3)9-13/h4-6,9,11,14H,7-8,10,15H2,1-3H3. The van der Waals surface area contributed by atoms with E-state index < -0.39 is 0 Å². The summed E-state index contributed by atoms with van der Waals surface area (Å²) in [4.78, 5) is 0. The van der Waals surface area contributed by atoms with Gasteiger partial charge in [-0.05, 0) is 26.3 Å². The number of hydrogen-bond acceptors (Lipinski definition) is 3. The highest BCUT2D eigenvalue weighted by Crippen LogP contribution is 2.12. The van der Waals surface area contributed by atoms with Gasteiger partial charge in [0, 0.05) is 0 Å². The van der Waals surface area contributed by atoms with Crippen LogP contribution in [0, 0.1) is 6.92 Å². The van der Waals surface area contributed by atoms with Crippen molar-refractivity contribution in [2.24, 2.45) is 5.73 Å². The van der Waals surface area contributed by atoms with Gasteiger partial charge in [0.15, 0.2) is 0 Å². The zero-order valence-corrected chi connectivity index (χ0v) is 11.0. The fourth-order valence-corrected chi connectivity index (χ4v) is 1.55. The molecule has 0 heterocycles. The molecule has 0 bridgehead atoms. The summed E-state index contributed by atoms with van der Waals surface area (Å²) in [5.74, 6) is 0. The molecule has 1 aromatic rings. The highest BCUT2D eigenvalue weighted by Gasteiger charge is 2.05. The molecule has 3 nitrogen and oxygen atoms in total. The summed E-state index contributed by atoms with van der Waals surface area (Å²) in [6.07, 6.45) is 0.254. The molecule has 1 rings (SSSR count). The van der Waals surface area contributed by atoms with Crippen molar-refractivity contribution in [3.8, 4) is 0 Å². The molecular formula is C14H23NO2. The average molecular weight is 237 g/mol. The first-order valence-corrected chi connectivity index (χ1v) is 6.11. The van der Waals surface area contributed by atoms with Gasteiger partial charge in [-0.1, -0.05) is 29.8 Å². The summed E-state index contributed by atoms with van der Waals surface area (Å²) in [7, 11) is 0. The van der Waals surface area contributed by atoms with E-state index in [4.69, 9.17) is 15.2 Å². The fraction of sp³-hybridized carbons (Fsp3) is 0.571. The summed E-state index contributed by atoms with van der Waals surface area (Å²) >= 11 is 0. The van der Waals surface area contributed by atoms with Gasteiger partial charge < -0.3 is 15.2 Å². The Kier molecular flexibility index (Phi) is 6.19. The molecule has 17 heavy (non-hydrogen) atoms. The van der Waals surface area contributed by atoms with Crippen LogP contribution >= 0.6 is 0 Å². The van der Waals surface area contributed by atoms with Crippen LogP contribution in [0.15, 0.2) is 24.3 Å². The van der Waals surface area contributed by atoms with E-state index in [1.54, 1.807) is 0 Å². The van der Waals surface area contributed by atoms with Gasteiger partial charge in [0.2, 0.25) is 0 Å². The molecule has 0 spiro atoms. The molecule has 0 fully saturated rings. The molecule has 0 aliphatic rings. The van der Waals surface area contributed by atoms with Gasteiger partial charge in [-0.15, -0.1) is 0 Å². The van der Waals surface area contributed by atoms with Crippen LogP contribution < -0.4 is 5.73 Å². The van der Waals surface area contributed by atoms with Gasteiger partial charge in [-0.2, -0.15) is 0 Å². The normalized spacial score (nSPS) is 13.0. The smallest absolute Gasteiger partial charge is 0.0703 e. The van der Waals surface area contributed by atoms with Gasteiger partial charge in [0.05, 0.1) is 32.0 Å². The van der Waals surface area contributed by atoms with E-state index in [0.717, 1.165) is 5.56 Å². The highest BCUT2D eigenvalue weighted by atomic mass is 16.5. The second-order valence-electron chi connectivity index (χ2n) is 4.52. The minimum absolute atomic E-state index is 0.0612. The summed E-state index contributed by atoms with van der Waals surface area (Å²) in [6.45, 7) is 7.84. The van der Waals surface area contributed by atoms with Crippen LogP contribution in [0.2, 0.25) is 0 Å². The molecule has 0 amide bonds. The zero-order chi connectivity index (χ0) is 12.7. The molecule has 0 saturated heterocycles. The average Bonchev–Trinajstić information content (AvgIpc) is 2.28. The van der Waals surface area contributed by atoms with Gasteiger partial charge in [0.25, 0.3) is 0 Å². The highest BCUT2D eigenvalue weighted by molar-refractivity contribution is 5.24.